The Kier molecular flexibility index (Phi) is 5.67. The Morgan fingerprint density at radius 1 is 1.03 bits per heavy atom. The Balaban J connectivity index is 1.53. The molecule has 0 aliphatic carbocycles. The van der Waals surface area contributed by atoms with Crippen molar-refractivity contribution in [3.63, 3.8) is 0 Å². The average Bonchev–Trinajstić information content (AvgIpc) is 3.43. The van der Waals surface area contributed by atoms with Gasteiger partial charge in [0.25, 0.3) is 15.9 Å². The van der Waals surface area contributed by atoms with Crippen LogP contribution in [0, 0.1) is 6.92 Å². The summed E-state index contributed by atoms with van der Waals surface area (Å²) in [5, 5.41) is 9.20. The van der Waals surface area contributed by atoms with Gasteiger partial charge in [0.05, 0.1) is 10.6 Å². The van der Waals surface area contributed by atoms with Gasteiger partial charge in [-0.25, -0.2) is 13.4 Å². The monoisotopic (exact) mass is 455 g/mol. The van der Waals surface area contributed by atoms with Gasteiger partial charge in [0.2, 0.25) is 0 Å². The standard InChI is InChI=1S/C21H17N3O3S3/c1-14-7-8-16(11-18(14)24-30(26,27)17-5-3-2-4-6-17)22-20(25)19-13-29-21(23-19)15-9-10-28-12-15/h2-13,24H,1H3,(H,22,25). The van der Waals surface area contributed by atoms with Crippen LogP contribution in [-0.4, -0.2) is 19.3 Å². The second-order valence-corrected chi connectivity index (χ2v) is 9.77. The van der Waals surface area contributed by atoms with E-state index in [1.807, 2.05) is 16.8 Å². The van der Waals surface area contributed by atoms with E-state index in [4.69, 9.17) is 0 Å². The van der Waals surface area contributed by atoms with Gasteiger partial charge in [0.1, 0.15) is 10.7 Å². The van der Waals surface area contributed by atoms with Crippen molar-refractivity contribution in [2.24, 2.45) is 0 Å². The Morgan fingerprint density at radius 3 is 2.57 bits per heavy atom. The first-order valence-electron chi connectivity index (χ1n) is 8.90. The van der Waals surface area contributed by atoms with Gasteiger partial charge in [-0.3, -0.25) is 9.52 Å². The van der Waals surface area contributed by atoms with Crippen LogP contribution in [-0.2, 0) is 10.0 Å². The molecule has 2 aromatic carbocycles. The molecular formula is C21H17N3O3S3. The molecule has 0 bridgehead atoms. The molecule has 152 valence electrons. The number of anilines is 2. The normalized spacial score (nSPS) is 11.2. The molecule has 0 unspecified atom stereocenters. The molecule has 30 heavy (non-hydrogen) atoms. The van der Waals surface area contributed by atoms with Gasteiger partial charge in [-0.1, -0.05) is 24.3 Å². The predicted molar refractivity (Wildman–Crippen MR) is 122 cm³/mol. The van der Waals surface area contributed by atoms with Gasteiger partial charge in [-0.05, 0) is 48.2 Å². The van der Waals surface area contributed by atoms with Crippen molar-refractivity contribution in [3.05, 3.63) is 82.0 Å². The molecule has 2 heterocycles. The van der Waals surface area contributed by atoms with Crippen molar-refractivity contribution in [3.8, 4) is 10.6 Å². The summed E-state index contributed by atoms with van der Waals surface area (Å²) < 4.78 is 27.8. The third-order valence-corrected chi connectivity index (χ3v) is 7.25. The molecule has 4 rings (SSSR count). The second kappa shape index (κ2) is 8.39. The third kappa shape index (κ3) is 4.43. The number of nitrogens with one attached hydrogen (secondary N) is 2. The fraction of sp³-hybridized carbons (Fsp3) is 0.0476. The fourth-order valence-electron chi connectivity index (χ4n) is 2.70. The van der Waals surface area contributed by atoms with E-state index >= 15 is 0 Å². The zero-order valence-corrected chi connectivity index (χ0v) is 18.3. The van der Waals surface area contributed by atoms with Crippen LogP contribution in [0.15, 0.2) is 75.6 Å². The van der Waals surface area contributed by atoms with E-state index in [1.54, 1.807) is 60.0 Å². The highest BCUT2D eigenvalue weighted by atomic mass is 32.2. The number of aromatic nitrogens is 1. The summed E-state index contributed by atoms with van der Waals surface area (Å²) in [7, 11) is -3.73. The molecule has 2 N–H and O–H groups in total. The van der Waals surface area contributed by atoms with E-state index in [2.05, 4.69) is 15.0 Å². The van der Waals surface area contributed by atoms with Crippen LogP contribution in [0.25, 0.3) is 10.6 Å². The third-order valence-electron chi connectivity index (χ3n) is 4.30. The molecule has 0 saturated carbocycles. The zero-order chi connectivity index (χ0) is 21.1. The van der Waals surface area contributed by atoms with Crippen LogP contribution in [0.4, 0.5) is 11.4 Å². The number of hydrogen-bond donors (Lipinski definition) is 2. The zero-order valence-electron chi connectivity index (χ0n) is 15.8. The average molecular weight is 456 g/mol. The lowest BCUT2D eigenvalue weighted by Crippen LogP contribution is -2.15. The summed E-state index contributed by atoms with van der Waals surface area (Å²) >= 11 is 2.97. The van der Waals surface area contributed by atoms with E-state index in [0.717, 1.165) is 16.1 Å². The summed E-state index contributed by atoms with van der Waals surface area (Å²) in [4.78, 5) is 17.2. The highest BCUT2D eigenvalue weighted by Gasteiger charge is 2.16. The van der Waals surface area contributed by atoms with Gasteiger partial charge in [0, 0.05) is 22.0 Å². The van der Waals surface area contributed by atoms with Crippen LogP contribution < -0.4 is 10.0 Å². The minimum Gasteiger partial charge on any atom is -0.321 e. The number of carbonyl (C=O) groups excluding carboxylic acids is 1. The van der Waals surface area contributed by atoms with E-state index in [-0.39, 0.29) is 10.8 Å². The second-order valence-electron chi connectivity index (χ2n) is 6.45. The maximum absolute atomic E-state index is 12.6. The molecule has 0 aliphatic rings. The van der Waals surface area contributed by atoms with Crippen molar-refractivity contribution in [1.82, 2.24) is 4.98 Å². The van der Waals surface area contributed by atoms with Crippen molar-refractivity contribution in [1.29, 1.82) is 0 Å². The number of sulfonamides is 1. The van der Waals surface area contributed by atoms with Crippen LogP contribution in [0.5, 0.6) is 0 Å². The molecule has 1 amide bonds. The molecule has 0 saturated heterocycles. The number of hydrogen-bond acceptors (Lipinski definition) is 6. The van der Waals surface area contributed by atoms with Gasteiger partial charge >= 0.3 is 0 Å². The van der Waals surface area contributed by atoms with Gasteiger partial charge in [-0.15, -0.1) is 11.3 Å². The molecule has 4 aromatic rings. The van der Waals surface area contributed by atoms with Gasteiger partial charge in [-0.2, -0.15) is 11.3 Å². The van der Waals surface area contributed by atoms with E-state index in [0.29, 0.717) is 17.1 Å². The number of carbonyl (C=O) groups is 1. The van der Waals surface area contributed by atoms with E-state index < -0.39 is 10.0 Å². The molecule has 2 aromatic heterocycles. The minimum atomic E-state index is -3.73. The number of nitrogens with zero attached hydrogens (tertiary/aromatic N) is 1. The largest absolute Gasteiger partial charge is 0.321 e. The van der Waals surface area contributed by atoms with Gasteiger partial charge in [0.15, 0.2) is 0 Å². The minimum absolute atomic E-state index is 0.169. The maximum atomic E-state index is 12.6. The lowest BCUT2D eigenvalue weighted by atomic mass is 10.2. The van der Waals surface area contributed by atoms with Crippen molar-refractivity contribution in [2.45, 2.75) is 11.8 Å². The molecule has 0 aliphatic heterocycles. The number of amides is 1. The van der Waals surface area contributed by atoms with Crippen molar-refractivity contribution < 1.29 is 13.2 Å². The highest BCUT2D eigenvalue weighted by Crippen LogP contribution is 2.27. The Labute approximate surface area is 182 Å². The number of thiophene rings is 1. The van der Waals surface area contributed by atoms with Crippen molar-refractivity contribution >= 4 is 50.0 Å². The Bertz CT molecular complexity index is 1280. The first kappa shape index (κ1) is 20.3. The van der Waals surface area contributed by atoms with Crippen molar-refractivity contribution in [2.75, 3.05) is 10.0 Å². The topological polar surface area (TPSA) is 88.2 Å². The summed E-state index contributed by atoms with van der Waals surface area (Å²) in [6.07, 6.45) is 0. The Hall–Kier alpha value is -3.01. The van der Waals surface area contributed by atoms with E-state index in [1.165, 1.54) is 23.5 Å². The lowest BCUT2D eigenvalue weighted by Gasteiger charge is -2.12. The van der Waals surface area contributed by atoms with Crippen LogP contribution in [0.3, 0.4) is 0 Å². The SMILES string of the molecule is Cc1ccc(NC(=O)c2csc(-c3ccsc3)n2)cc1NS(=O)(=O)c1ccccc1. The number of thiazole rings is 1. The summed E-state index contributed by atoms with van der Waals surface area (Å²) in [5.74, 6) is -0.353. The maximum Gasteiger partial charge on any atom is 0.275 e. The summed E-state index contributed by atoms with van der Waals surface area (Å²) in [5.41, 5.74) is 2.90. The number of rotatable bonds is 6. The lowest BCUT2D eigenvalue weighted by molar-refractivity contribution is 0.102. The van der Waals surface area contributed by atoms with Crippen LogP contribution in [0.1, 0.15) is 16.1 Å². The first-order valence-corrected chi connectivity index (χ1v) is 12.2. The molecule has 9 heteroatoms. The summed E-state index contributed by atoms with van der Waals surface area (Å²) in [6, 6.07) is 15.1. The molecule has 0 atom stereocenters. The predicted octanol–water partition coefficient (Wildman–Crippen LogP) is 5.23. The van der Waals surface area contributed by atoms with E-state index in [9.17, 15) is 13.2 Å². The highest BCUT2D eigenvalue weighted by molar-refractivity contribution is 7.92. The van der Waals surface area contributed by atoms with Crippen LogP contribution >= 0.6 is 22.7 Å². The first-order chi connectivity index (χ1) is 14.4. The number of aryl methyl sites for hydroxylation is 1. The molecule has 0 radical (unpaired) electrons. The smallest absolute Gasteiger partial charge is 0.275 e. The quantitative estimate of drug-likeness (QED) is 0.416. The molecular weight excluding hydrogens is 438 g/mol. The van der Waals surface area contributed by atoms with Gasteiger partial charge < -0.3 is 5.32 Å². The number of benzene rings is 2. The molecule has 0 spiro atoms. The molecule has 0 fully saturated rings. The molecule has 6 nitrogen and oxygen atoms in total. The summed E-state index contributed by atoms with van der Waals surface area (Å²) in [6.45, 7) is 1.79. The Morgan fingerprint density at radius 2 is 1.83 bits per heavy atom. The van der Waals surface area contributed by atoms with Crippen LogP contribution in [0.2, 0.25) is 0 Å². The fourth-order valence-corrected chi connectivity index (χ4v) is 5.36.